The fraction of sp³-hybridized carbons (Fsp3) is 0.750. The number of urea groups is 1. The second-order valence-electron chi connectivity index (χ2n) is 5.44. The van der Waals surface area contributed by atoms with Gasteiger partial charge in [0.05, 0.1) is 0 Å². The van der Waals surface area contributed by atoms with Gasteiger partial charge in [0.1, 0.15) is 13.1 Å². The molecule has 2 amide bonds. The predicted octanol–water partition coefficient (Wildman–Crippen LogP) is 0.357. The molecule has 0 saturated heterocycles. The summed E-state index contributed by atoms with van der Waals surface area (Å²) in [5, 5.41) is 20.0. The highest BCUT2D eigenvalue weighted by Gasteiger charge is 2.53. The Bertz CT molecular complexity index is 385. The van der Waals surface area contributed by atoms with Crippen LogP contribution in [0.3, 0.4) is 0 Å². The Balaban J connectivity index is 1.84. The number of nitrogens with zero attached hydrogens (tertiary/aromatic N) is 1. The number of carboxylic acids is 2. The summed E-state index contributed by atoms with van der Waals surface area (Å²) in [5.74, 6) is -1.76. The summed E-state index contributed by atoms with van der Waals surface area (Å²) >= 11 is 0. The SMILES string of the molecule is O=C(O)CN(CC(=O)O)C(=O)NCC1(C2CC2)CC1. The first-order chi connectivity index (χ1) is 8.93. The number of carbonyl (C=O) groups is 3. The van der Waals surface area contributed by atoms with Gasteiger partial charge in [0.2, 0.25) is 0 Å². The van der Waals surface area contributed by atoms with Crippen molar-refractivity contribution in [1.82, 2.24) is 10.2 Å². The number of hydrogen-bond donors (Lipinski definition) is 3. The van der Waals surface area contributed by atoms with Crippen molar-refractivity contribution in [2.45, 2.75) is 25.7 Å². The molecule has 7 nitrogen and oxygen atoms in total. The molecule has 0 aliphatic heterocycles. The molecule has 0 spiro atoms. The van der Waals surface area contributed by atoms with Crippen molar-refractivity contribution in [3.8, 4) is 0 Å². The molecular weight excluding hydrogens is 252 g/mol. The minimum absolute atomic E-state index is 0.202. The van der Waals surface area contributed by atoms with E-state index in [4.69, 9.17) is 10.2 Å². The highest BCUT2D eigenvalue weighted by atomic mass is 16.4. The van der Waals surface area contributed by atoms with Crippen LogP contribution in [0.15, 0.2) is 0 Å². The number of rotatable bonds is 7. The molecule has 0 atom stereocenters. The van der Waals surface area contributed by atoms with Crippen LogP contribution >= 0.6 is 0 Å². The van der Waals surface area contributed by atoms with Crippen LogP contribution in [0.1, 0.15) is 25.7 Å². The third kappa shape index (κ3) is 3.59. The van der Waals surface area contributed by atoms with Crippen LogP contribution in [0.2, 0.25) is 0 Å². The Hall–Kier alpha value is -1.79. The van der Waals surface area contributed by atoms with E-state index in [1.807, 2.05) is 0 Å². The van der Waals surface area contributed by atoms with Crippen molar-refractivity contribution in [2.24, 2.45) is 11.3 Å². The molecule has 2 rings (SSSR count). The van der Waals surface area contributed by atoms with Gasteiger partial charge in [-0.15, -0.1) is 0 Å². The fourth-order valence-electron chi connectivity index (χ4n) is 2.48. The van der Waals surface area contributed by atoms with Crippen molar-refractivity contribution >= 4 is 18.0 Å². The molecule has 0 aromatic heterocycles. The van der Waals surface area contributed by atoms with Crippen LogP contribution in [0.5, 0.6) is 0 Å². The minimum Gasteiger partial charge on any atom is -0.480 e. The molecule has 0 heterocycles. The van der Waals surface area contributed by atoms with E-state index in [-0.39, 0.29) is 5.41 Å². The average molecular weight is 270 g/mol. The van der Waals surface area contributed by atoms with Crippen LogP contribution in [-0.2, 0) is 9.59 Å². The van der Waals surface area contributed by atoms with Gasteiger partial charge in [-0.2, -0.15) is 0 Å². The first-order valence-corrected chi connectivity index (χ1v) is 6.39. The summed E-state index contributed by atoms with van der Waals surface area (Å²) in [6.45, 7) is -0.685. The number of carbonyl (C=O) groups excluding carboxylic acids is 1. The lowest BCUT2D eigenvalue weighted by Crippen LogP contribution is -2.46. The molecule has 2 aliphatic rings. The number of carboxylic acid groups (broad SMARTS) is 2. The van der Waals surface area contributed by atoms with Gasteiger partial charge in [-0.1, -0.05) is 0 Å². The molecule has 0 unspecified atom stereocenters. The third-order valence-electron chi connectivity index (χ3n) is 3.87. The van der Waals surface area contributed by atoms with Crippen LogP contribution in [0, 0.1) is 11.3 Å². The zero-order valence-corrected chi connectivity index (χ0v) is 10.6. The largest absolute Gasteiger partial charge is 0.480 e. The van der Waals surface area contributed by atoms with E-state index in [1.54, 1.807) is 0 Å². The van der Waals surface area contributed by atoms with Gasteiger partial charge >= 0.3 is 18.0 Å². The van der Waals surface area contributed by atoms with Crippen LogP contribution in [-0.4, -0.2) is 52.7 Å². The first-order valence-electron chi connectivity index (χ1n) is 6.39. The molecule has 2 fully saturated rings. The zero-order chi connectivity index (χ0) is 14.0. The highest BCUT2D eigenvalue weighted by Crippen LogP contribution is 2.60. The van der Waals surface area contributed by atoms with Crippen LogP contribution in [0.25, 0.3) is 0 Å². The van der Waals surface area contributed by atoms with E-state index >= 15 is 0 Å². The van der Waals surface area contributed by atoms with Gasteiger partial charge < -0.3 is 20.4 Å². The Morgan fingerprint density at radius 2 is 1.63 bits per heavy atom. The Morgan fingerprint density at radius 1 is 1.11 bits per heavy atom. The quantitative estimate of drug-likeness (QED) is 0.619. The van der Waals surface area contributed by atoms with E-state index in [0.717, 1.165) is 17.7 Å². The fourth-order valence-corrected chi connectivity index (χ4v) is 2.48. The maximum absolute atomic E-state index is 11.8. The standard InChI is InChI=1S/C12H18N2O5/c15-9(16)5-14(6-10(17)18)11(19)13-7-12(3-4-12)8-1-2-8/h8H,1-7H2,(H,13,19)(H,15,16)(H,17,18). The lowest BCUT2D eigenvalue weighted by atomic mass is 10.0. The molecule has 0 aromatic rings. The molecule has 2 aliphatic carbocycles. The van der Waals surface area contributed by atoms with Crippen LogP contribution < -0.4 is 5.32 Å². The molecule has 19 heavy (non-hydrogen) atoms. The van der Waals surface area contributed by atoms with Gasteiger partial charge in [-0.05, 0) is 37.0 Å². The molecular formula is C12H18N2O5. The minimum atomic E-state index is -1.22. The second-order valence-corrected chi connectivity index (χ2v) is 5.44. The molecule has 0 aromatic carbocycles. The van der Waals surface area contributed by atoms with Crippen molar-refractivity contribution in [2.75, 3.05) is 19.6 Å². The van der Waals surface area contributed by atoms with E-state index in [1.165, 1.54) is 12.8 Å². The maximum atomic E-state index is 11.8. The van der Waals surface area contributed by atoms with E-state index in [9.17, 15) is 14.4 Å². The molecule has 7 heteroatoms. The topological polar surface area (TPSA) is 107 Å². The smallest absolute Gasteiger partial charge is 0.323 e. The lowest BCUT2D eigenvalue weighted by molar-refractivity contribution is -0.140. The highest BCUT2D eigenvalue weighted by molar-refractivity contribution is 5.84. The Morgan fingerprint density at radius 3 is 2.00 bits per heavy atom. The Labute approximate surface area is 110 Å². The number of nitrogens with one attached hydrogen (secondary N) is 1. The number of hydrogen-bond acceptors (Lipinski definition) is 3. The summed E-state index contributed by atoms with van der Waals surface area (Å²) < 4.78 is 0. The predicted molar refractivity (Wildman–Crippen MR) is 64.6 cm³/mol. The van der Waals surface area contributed by atoms with Gasteiger partial charge in [-0.25, -0.2) is 4.79 Å². The second kappa shape index (κ2) is 5.07. The van der Waals surface area contributed by atoms with Gasteiger partial charge in [-0.3, -0.25) is 9.59 Å². The summed E-state index contributed by atoms with van der Waals surface area (Å²) in [6, 6.07) is -0.614. The molecule has 0 radical (unpaired) electrons. The van der Waals surface area contributed by atoms with Gasteiger partial charge in [0.25, 0.3) is 0 Å². The lowest BCUT2D eigenvalue weighted by Gasteiger charge is -2.21. The molecule has 3 N–H and O–H groups in total. The van der Waals surface area contributed by atoms with E-state index in [2.05, 4.69) is 5.32 Å². The van der Waals surface area contributed by atoms with Crippen molar-refractivity contribution in [1.29, 1.82) is 0 Å². The molecule has 2 saturated carbocycles. The van der Waals surface area contributed by atoms with Gasteiger partial charge in [0.15, 0.2) is 0 Å². The van der Waals surface area contributed by atoms with Crippen molar-refractivity contribution in [3.05, 3.63) is 0 Å². The maximum Gasteiger partial charge on any atom is 0.323 e. The monoisotopic (exact) mass is 270 g/mol. The number of aliphatic carboxylic acids is 2. The Kier molecular flexibility index (Phi) is 3.64. The molecule has 106 valence electrons. The van der Waals surface area contributed by atoms with Crippen molar-refractivity contribution in [3.63, 3.8) is 0 Å². The first kappa shape index (κ1) is 13.6. The summed E-state index contributed by atoms with van der Waals surface area (Å²) in [5.41, 5.74) is 0.202. The average Bonchev–Trinajstić information content (AvgIpc) is 3.13. The van der Waals surface area contributed by atoms with Crippen molar-refractivity contribution < 1.29 is 24.6 Å². The van der Waals surface area contributed by atoms with E-state index in [0.29, 0.717) is 12.5 Å². The molecule has 0 bridgehead atoms. The third-order valence-corrected chi connectivity index (χ3v) is 3.87. The summed E-state index contributed by atoms with van der Waals surface area (Å²) in [7, 11) is 0. The number of amides is 2. The summed E-state index contributed by atoms with van der Waals surface area (Å²) in [6.07, 6.45) is 4.58. The van der Waals surface area contributed by atoms with E-state index < -0.39 is 31.1 Å². The van der Waals surface area contributed by atoms with Gasteiger partial charge in [0, 0.05) is 6.54 Å². The zero-order valence-electron chi connectivity index (χ0n) is 10.6. The normalized spacial score (nSPS) is 19.6. The van der Waals surface area contributed by atoms with Crippen LogP contribution in [0.4, 0.5) is 4.79 Å². The summed E-state index contributed by atoms with van der Waals surface area (Å²) in [4.78, 5) is 33.8.